The van der Waals surface area contributed by atoms with E-state index in [0.29, 0.717) is 0 Å². The lowest BCUT2D eigenvalue weighted by Crippen LogP contribution is -2.42. The zero-order chi connectivity index (χ0) is 18.1. The van der Waals surface area contributed by atoms with Gasteiger partial charge in [-0.15, -0.1) is 11.3 Å². The molecule has 2 aliphatic rings. The molecule has 0 saturated heterocycles. The molecule has 2 aromatic rings. The molecule has 0 unspecified atom stereocenters. The predicted octanol–water partition coefficient (Wildman–Crippen LogP) is 2.88. The number of carbonyl (C=O) groups is 1. The average Bonchev–Trinajstić information content (AvgIpc) is 3.33. The third kappa shape index (κ3) is 3.62. The Labute approximate surface area is 157 Å². The van der Waals surface area contributed by atoms with Crippen LogP contribution in [-0.2, 0) is 42.4 Å². The van der Waals surface area contributed by atoms with Gasteiger partial charge in [0.25, 0.3) is 0 Å². The molecule has 1 aromatic heterocycles. The van der Waals surface area contributed by atoms with Gasteiger partial charge in [-0.1, -0.05) is 12.1 Å². The molecule has 0 spiro atoms. The van der Waals surface area contributed by atoms with Crippen molar-refractivity contribution < 1.29 is 13.2 Å². The number of hydrogen-bond acceptors (Lipinski definition) is 4. The summed E-state index contributed by atoms with van der Waals surface area (Å²) in [6.45, 7) is 0.163. The fraction of sp³-hybridized carbons (Fsp3) is 0.389. The molecule has 8 heteroatoms. The quantitative estimate of drug-likeness (QED) is 0.732. The third-order valence-corrected chi connectivity index (χ3v) is 6.81. The molecule has 2 aliphatic carbocycles. The number of amides is 2. The molecule has 0 saturated carbocycles. The lowest BCUT2D eigenvalue weighted by atomic mass is 9.99. The van der Waals surface area contributed by atoms with Crippen LogP contribution in [0.3, 0.4) is 0 Å². The van der Waals surface area contributed by atoms with Crippen LogP contribution in [0.25, 0.3) is 0 Å². The highest BCUT2D eigenvalue weighted by molar-refractivity contribution is 7.88. The Balaban J connectivity index is 1.47. The van der Waals surface area contributed by atoms with Crippen LogP contribution >= 0.6 is 11.3 Å². The molecule has 4 rings (SSSR count). The molecule has 0 aliphatic heterocycles. The number of benzene rings is 1. The van der Waals surface area contributed by atoms with E-state index >= 15 is 0 Å². The fourth-order valence-electron chi connectivity index (χ4n) is 3.84. The maximum Gasteiger partial charge on any atom is 0.333 e. The smallest absolute Gasteiger partial charge is 0.307 e. The van der Waals surface area contributed by atoms with Crippen molar-refractivity contribution in [1.82, 2.24) is 9.44 Å². The van der Waals surface area contributed by atoms with E-state index in [2.05, 4.69) is 20.8 Å². The summed E-state index contributed by atoms with van der Waals surface area (Å²) in [5, 5.41) is 4.70. The first-order valence-electron chi connectivity index (χ1n) is 8.79. The second-order valence-electron chi connectivity index (χ2n) is 6.69. The lowest BCUT2D eigenvalue weighted by molar-refractivity contribution is 0.256. The molecular weight excluding hydrogens is 370 g/mol. The average molecular weight is 392 g/mol. The van der Waals surface area contributed by atoms with E-state index in [-0.39, 0.29) is 6.54 Å². The number of anilines is 1. The van der Waals surface area contributed by atoms with E-state index in [0.717, 1.165) is 49.1 Å². The van der Waals surface area contributed by atoms with E-state index in [1.807, 2.05) is 17.5 Å². The first-order valence-corrected chi connectivity index (χ1v) is 11.2. The van der Waals surface area contributed by atoms with Gasteiger partial charge in [0.2, 0.25) is 0 Å². The Kier molecular flexibility index (Phi) is 4.73. The monoisotopic (exact) mass is 391 g/mol. The minimum Gasteiger partial charge on any atom is -0.307 e. The van der Waals surface area contributed by atoms with Crippen molar-refractivity contribution in [1.29, 1.82) is 0 Å². The van der Waals surface area contributed by atoms with Crippen LogP contribution in [0.2, 0.25) is 0 Å². The Morgan fingerprint density at radius 3 is 2.38 bits per heavy atom. The molecule has 2 amide bonds. The van der Waals surface area contributed by atoms with Crippen LogP contribution < -0.4 is 14.8 Å². The van der Waals surface area contributed by atoms with Gasteiger partial charge in [0.15, 0.2) is 0 Å². The first-order chi connectivity index (χ1) is 12.5. The number of carbonyl (C=O) groups excluding carboxylic acids is 1. The summed E-state index contributed by atoms with van der Waals surface area (Å²) < 4.78 is 28.7. The zero-order valence-corrected chi connectivity index (χ0v) is 15.9. The summed E-state index contributed by atoms with van der Waals surface area (Å²) >= 11 is 1.46. The molecule has 1 aromatic carbocycles. The highest BCUT2D eigenvalue weighted by Gasteiger charge is 2.25. The van der Waals surface area contributed by atoms with E-state index < -0.39 is 16.2 Å². The largest absolute Gasteiger partial charge is 0.333 e. The Bertz CT molecular complexity index is 905. The summed E-state index contributed by atoms with van der Waals surface area (Å²) in [5.74, 6) is 0. The normalized spacial score (nSPS) is 15.5. The van der Waals surface area contributed by atoms with Gasteiger partial charge in [-0.3, -0.25) is 0 Å². The Hall–Kier alpha value is -1.90. The molecule has 0 bridgehead atoms. The van der Waals surface area contributed by atoms with Crippen molar-refractivity contribution in [2.45, 2.75) is 45.1 Å². The molecule has 138 valence electrons. The van der Waals surface area contributed by atoms with Crippen LogP contribution in [0.5, 0.6) is 0 Å². The van der Waals surface area contributed by atoms with Gasteiger partial charge >= 0.3 is 16.2 Å². The minimum absolute atomic E-state index is 0.163. The van der Waals surface area contributed by atoms with Crippen molar-refractivity contribution in [2.24, 2.45) is 0 Å². The maximum atomic E-state index is 12.4. The highest BCUT2D eigenvalue weighted by Crippen LogP contribution is 2.38. The van der Waals surface area contributed by atoms with Crippen molar-refractivity contribution in [3.8, 4) is 0 Å². The van der Waals surface area contributed by atoms with Crippen molar-refractivity contribution in [3.05, 3.63) is 50.7 Å². The topological polar surface area (TPSA) is 87.3 Å². The van der Waals surface area contributed by atoms with Gasteiger partial charge in [-0.25, -0.2) is 9.52 Å². The van der Waals surface area contributed by atoms with Crippen LogP contribution in [0, 0.1) is 0 Å². The van der Waals surface area contributed by atoms with Crippen molar-refractivity contribution >= 4 is 33.3 Å². The zero-order valence-electron chi connectivity index (χ0n) is 14.3. The van der Waals surface area contributed by atoms with Gasteiger partial charge in [0.05, 0.1) is 0 Å². The number of hydrogen-bond donors (Lipinski definition) is 3. The standard InChI is InChI=1S/C18H21N3O3S2/c22-18(21-26(23,24)19-11-14-6-3-9-25-14)20-17-15-7-1-4-12(15)10-13-5-2-8-16(13)17/h3,6,9-10,19H,1-2,4-5,7-8,11H2,(H2,20,21,22). The molecule has 6 nitrogen and oxygen atoms in total. The van der Waals surface area contributed by atoms with E-state index in [1.54, 1.807) is 0 Å². The van der Waals surface area contributed by atoms with Crippen LogP contribution in [-0.4, -0.2) is 14.4 Å². The molecule has 0 fully saturated rings. The summed E-state index contributed by atoms with van der Waals surface area (Å²) in [7, 11) is -3.91. The molecule has 3 N–H and O–H groups in total. The second-order valence-corrected chi connectivity index (χ2v) is 9.23. The number of fused-ring (bicyclic) bond motifs is 2. The lowest BCUT2D eigenvalue weighted by Gasteiger charge is -2.16. The Morgan fingerprint density at radius 2 is 1.77 bits per heavy atom. The fourth-order valence-corrected chi connectivity index (χ4v) is 5.29. The molecule has 0 radical (unpaired) electrons. The van der Waals surface area contributed by atoms with Gasteiger partial charge in [0, 0.05) is 17.1 Å². The first kappa shape index (κ1) is 17.5. The number of aryl methyl sites for hydroxylation is 2. The summed E-state index contributed by atoms with van der Waals surface area (Å²) in [4.78, 5) is 13.2. The van der Waals surface area contributed by atoms with E-state index in [1.165, 1.54) is 33.6 Å². The van der Waals surface area contributed by atoms with Gasteiger partial charge in [0.1, 0.15) is 0 Å². The maximum absolute atomic E-state index is 12.4. The van der Waals surface area contributed by atoms with Crippen LogP contribution in [0.4, 0.5) is 10.5 Å². The molecule has 0 atom stereocenters. The van der Waals surface area contributed by atoms with Crippen molar-refractivity contribution in [2.75, 3.05) is 5.32 Å². The minimum atomic E-state index is -3.91. The van der Waals surface area contributed by atoms with Gasteiger partial charge in [-0.2, -0.15) is 13.1 Å². The SMILES string of the molecule is O=C(Nc1c2c(cc3c1CCC3)CCC2)NS(=O)(=O)NCc1cccs1. The summed E-state index contributed by atoms with van der Waals surface area (Å²) in [6, 6.07) is 5.25. The number of thiophene rings is 1. The van der Waals surface area contributed by atoms with Crippen molar-refractivity contribution in [3.63, 3.8) is 0 Å². The predicted molar refractivity (Wildman–Crippen MR) is 103 cm³/mol. The number of urea groups is 1. The Morgan fingerprint density at radius 1 is 1.08 bits per heavy atom. The van der Waals surface area contributed by atoms with E-state index in [4.69, 9.17) is 0 Å². The van der Waals surface area contributed by atoms with Crippen LogP contribution in [0.15, 0.2) is 23.6 Å². The molecule has 1 heterocycles. The summed E-state index contributed by atoms with van der Waals surface area (Å²) in [5.41, 5.74) is 5.76. The molecule has 26 heavy (non-hydrogen) atoms. The third-order valence-electron chi connectivity index (χ3n) is 4.96. The highest BCUT2D eigenvalue weighted by atomic mass is 32.2. The van der Waals surface area contributed by atoms with Gasteiger partial charge < -0.3 is 5.32 Å². The summed E-state index contributed by atoms with van der Waals surface area (Å²) in [6.07, 6.45) is 6.08. The van der Waals surface area contributed by atoms with E-state index in [9.17, 15) is 13.2 Å². The number of rotatable bonds is 5. The van der Waals surface area contributed by atoms with Gasteiger partial charge in [-0.05, 0) is 72.2 Å². The number of nitrogens with one attached hydrogen (secondary N) is 3. The second kappa shape index (κ2) is 7.02. The van der Waals surface area contributed by atoms with Crippen LogP contribution in [0.1, 0.15) is 40.0 Å². The molecular formula is C18H21N3O3S2.